The Balaban J connectivity index is 2.48. The summed E-state index contributed by atoms with van der Waals surface area (Å²) < 4.78 is 12.5. The van der Waals surface area contributed by atoms with Crippen molar-refractivity contribution in [3.8, 4) is 0 Å². The van der Waals surface area contributed by atoms with E-state index in [-0.39, 0.29) is 9.92 Å². The molecule has 0 saturated carbocycles. The van der Waals surface area contributed by atoms with Crippen LogP contribution in [0.2, 0.25) is 10.0 Å². The molecule has 104 valence electrons. The van der Waals surface area contributed by atoms with Gasteiger partial charge in [-0.25, -0.2) is 0 Å². The third-order valence-corrected chi connectivity index (χ3v) is 5.00. The molecule has 0 aliphatic carbocycles. The lowest BCUT2D eigenvalue weighted by atomic mass is 10.1. The number of hydrogen-bond donors (Lipinski definition) is 1. The first-order valence-corrected chi connectivity index (χ1v) is 7.61. The maximum atomic E-state index is 12.5. The fraction of sp³-hybridized carbons (Fsp3) is 0.0714. The van der Waals surface area contributed by atoms with Crippen molar-refractivity contribution in [2.45, 2.75) is 10.1 Å². The van der Waals surface area contributed by atoms with Gasteiger partial charge in [0.25, 0.3) is 0 Å². The minimum Gasteiger partial charge on any atom is -0.480 e. The van der Waals surface area contributed by atoms with Crippen LogP contribution in [-0.2, 0) is 15.6 Å². The minimum absolute atomic E-state index is 0.218. The normalized spacial score (nSPS) is 13.7. The van der Waals surface area contributed by atoms with Gasteiger partial charge in [-0.2, -0.15) is 0 Å². The van der Waals surface area contributed by atoms with E-state index < -0.39 is 22.0 Å². The van der Waals surface area contributed by atoms with E-state index in [0.29, 0.717) is 10.6 Å². The van der Waals surface area contributed by atoms with Gasteiger partial charge in [0, 0.05) is 5.02 Å². The Bertz CT molecular complexity index is 659. The molecular formula is C14H10Cl2O3S. The Morgan fingerprint density at radius 3 is 2.35 bits per heavy atom. The number of rotatable bonds is 4. The smallest absolute Gasteiger partial charge is 0.324 e. The van der Waals surface area contributed by atoms with E-state index in [1.807, 2.05) is 0 Å². The highest BCUT2D eigenvalue weighted by Gasteiger charge is 2.29. The average Bonchev–Trinajstić information content (AvgIpc) is 2.42. The Hall–Kier alpha value is -1.36. The summed E-state index contributed by atoms with van der Waals surface area (Å²) in [4.78, 5) is 11.7. The van der Waals surface area contributed by atoms with Crippen molar-refractivity contribution in [1.82, 2.24) is 0 Å². The quantitative estimate of drug-likeness (QED) is 0.925. The molecule has 0 amide bonds. The molecule has 0 heterocycles. The monoisotopic (exact) mass is 328 g/mol. The van der Waals surface area contributed by atoms with Crippen molar-refractivity contribution >= 4 is 40.0 Å². The van der Waals surface area contributed by atoms with Crippen LogP contribution >= 0.6 is 23.2 Å². The van der Waals surface area contributed by atoms with Crippen molar-refractivity contribution in [1.29, 1.82) is 0 Å². The van der Waals surface area contributed by atoms with Crippen molar-refractivity contribution in [2.24, 2.45) is 0 Å². The second-order valence-electron chi connectivity index (χ2n) is 4.00. The van der Waals surface area contributed by atoms with Crippen LogP contribution in [0.3, 0.4) is 0 Å². The number of carboxylic acid groups (broad SMARTS) is 1. The molecule has 2 aromatic rings. The molecule has 0 aliphatic rings. The predicted molar refractivity (Wildman–Crippen MR) is 79.7 cm³/mol. The van der Waals surface area contributed by atoms with Crippen molar-refractivity contribution < 1.29 is 14.1 Å². The lowest BCUT2D eigenvalue weighted by molar-refractivity contribution is -0.136. The molecule has 0 aliphatic heterocycles. The van der Waals surface area contributed by atoms with Gasteiger partial charge >= 0.3 is 5.97 Å². The fourth-order valence-electron chi connectivity index (χ4n) is 1.74. The topological polar surface area (TPSA) is 54.4 Å². The molecule has 0 spiro atoms. The summed E-state index contributed by atoms with van der Waals surface area (Å²) in [6, 6.07) is 12.9. The molecule has 2 unspecified atom stereocenters. The summed E-state index contributed by atoms with van der Waals surface area (Å²) in [7, 11) is -1.84. The Morgan fingerprint density at radius 1 is 1.10 bits per heavy atom. The Labute approximate surface area is 128 Å². The van der Waals surface area contributed by atoms with Crippen LogP contribution < -0.4 is 0 Å². The van der Waals surface area contributed by atoms with E-state index in [1.54, 1.807) is 36.4 Å². The summed E-state index contributed by atoms with van der Waals surface area (Å²) in [6.07, 6.45) is 0. The Morgan fingerprint density at radius 2 is 1.75 bits per heavy atom. The van der Waals surface area contributed by atoms with Gasteiger partial charge in [-0.15, -0.1) is 0 Å². The third kappa shape index (κ3) is 3.20. The van der Waals surface area contributed by atoms with E-state index in [4.69, 9.17) is 23.2 Å². The zero-order valence-electron chi connectivity index (χ0n) is 10.1. The second-order valence-corrected chi connectivity index (χ2v) is 6.35. The van der Waals surface area contributed by atoms with Gasteiger partial charge in [-0.1, -0.05) is 53.5 Å². The second kappa shape index (κ2) is 6.39. The van der Waals surface area contributed by atoms with Crippen LogP contribution in [0.5, 0.6) is 0 Å². The molecule has 20 heavy (non-hydrogen) atoms. The van der Waals surface area contributed by atoms with E-state index in [9.17, 15) is 14.1 Å². The zero-order valence-corrected chi connectivity index (χ0v) is 12.5. The van der Waals surface area contributed by atoms with E-state index in [2.05, 4.69) is 0 Å². The number of carbonyl (C=O) groups is 1. The standard InChI is InChI=1S/C14H10Cl2O3S/c15-10-6-7-11(16)12(8-10)20(19)13(14(17)18)9-4-2-1-3-5-9/h1-8,13H,(H,17,18). The van der Waals surface area contributed by atoms with Crippen LogP contribution in [-0.4, -0.2) is 15.3 Å². The third-order valence-electron chi connectivity index (χ3n) is 2.65. The van der Waals surface area contributed by atoms with Gasteiger partial charge < -0.3 is 5.11 Å². The summed E-state index contributed by atoms with van der Waals surface area (Å²) in [5.74, 6) is -1.18. The zero-order chi connectivity index (χ0) is 14.7. The SMILES string of the molecule is O=C(O)C(c1ccccc1)S(=O)c1cc(Cl)ccc1Cl. The summed E-state index contributed by atoms with van der Waals surface area (Å²) in [6.45, 7) is 0. The van der Waals surface area contributed by atoms with Crippen molar-refractivity contribution in [2.75, 3.05) is 0 Å². The first-order chi connectivity index (χ1) is 9.50. The number of carboxylic acids is 1. The lowest BCUT2D eigenvalue weighted by Gasteiger charge is -2.13. The molecular weight excluding hydrogens is 319 g/mol. The molecule has 0 bridgehead atoms. The minimum atomic E-state index is -1.84. The van der Waals surface area contributed by atoms with E-state index >= 15 is 0 Å². The predicted octanol–water partition coefficient (Wildman–Crippen LogP) is 3.93. The number of halogens is 2. The maximum absolute atomic E-state index is 12.5. The first kappa shape index (κ1) is 15.0. The van der Waals surface area contributed by atoms with Gasteiger partial charge in [-0.3, -0.25) is 9.00 Å². The van der Waals surface area contributed by atoms with Crippen molar-refractivity contribution in [3.63, 3.8) is 0 Å². The highest BCUT2D eigenvalue weighted by molar-refractivity contribution is 7.86. The lowest BCUT2D eigenvalue weighted by Crippen LogP contribution is -2.17. The average molecular weight is 329 g/mol. The molecule has 0 aromatic heterocycles. The number of benzene rings is 2. The molecule has 0 saturated heterocycles. The van der Waals surface area contributed by atoms with Gasteiger partial charge in [0.15, 0.2) is 5.25 Å². The molecule has 6 heteroatoms. The van der Waals surface area contributed by atoms with Crippen LogP contribution in [0.1, 0.15) is 10.8 Å². The van der Waals surface area contributed by atoms with E-state index in [1.165, 1.54) is 12.1 Å². The summed E-state index contributed by atoms with van der Waals surface area (Å²) in [5, 5.41) is 8.75. The van der Waals surface area contributed by atoms with Gasteiger partial charge in [0.1, 0.15) is 0 Å². The molecule has 3 nitrogen and oxygen atoms in total. The molecule has 0 radical (unpaired) electrons. The molecule has 2 atom stereocenters. The van der Waals surface area contributed by atoms with Crippen LogP contribution in [0.4, 0.5) is 0 Å². The van der Waals surface area contributed by atoms with Gasteiger partial charge in [0.05, 0.1) is 20.7 Å². The van der Waals surface area contributed by atoms with E-state index in [0.717, 1.165) is 0 Å². The fourth-order valence-corrected chi connectivity index (χ4v) is 3.67. The van der Waals surface area contributed by atoms with Crippen LogP contribution in [0, 0.1) is 0 Å². The first-order valence-electron chi connectivity index (χ1n) is 5.64. The Kier molecular flexibility index (Phi) is 4.81. The van der Waals surface area contributed by atoms with Gasteiger partial charge in [0.2, 0.25) is 0 Å². The number of aliphatic carboxylic acids is 1. The van der Waals surface area contributed by atoms with Crippen LogP contribution in [0.15, 0.2) is 53.4 Å². The highest BCUT2D eigenvalue weighted by atomic mass is 35.5. The summed E-state index contributed by atoms with van der Waals surface area (Å²) >= 11 is 11.8. The molecule has 0 fully saturated rings. The summed E-state index contributed by atoms with van der Waals surface area (Å²) in [5.41, 5.74) is 0.453. The maximum Gasteiger partial charge on any atom is 0.324 e. The molecule has 2 rings (SSSR count). The number of hydrogen-bond acceptors (Lipinski definition) is 2. The molecule has 2 aromatic carbocycles. The van der Waals surface area contributed by atoms with Gasteiger partial charge in [-0.05, 0) is 23.8 Å². The van der Waals surface area contributed by atoms with Crippen LogP contribution in [0.25, 0.3) is 0 Å². The highest BCUT2D eigenvalue weighted by Crippen LogP contribution is 2.31. The molecule has 1 N–H and O–H groups in total. The largest absolute Gasteiger partial charge is 0.480 e. The van der Waals surface area contributed by atoms with Crippen molar-refractivity contribution in [3.05, 3.63) is 64.1 Å².